The third-order valence-corrected chi connectivity index (χ3v) is 4.72. The lowest BCUT2D eigenvalue weighted by Gasteiger charge is -2.19. The fourth-order valence-corrected chi connectivity index (χ4v) is 2.77. The van der Waals surface area contributed by atoms with E-state index in [1.165, 1.54) is 24.0 Å². The summed E-state index contributed by atoms with van der Waals surface area (Å²) in [7, 11) is 0. The predicted octanol–water partition coefficient (Wildman–Crippen LogP) is 8.46. The van der Waals surface area contributed by atoms with E-state index in [0.717, 1.165) is 17.7 Å². The monoisotopic (exact) mass is 407 g/mol. The van der Waals surface area contributed by atoms with Crippen molar-refractivity contribution >= 4 is 28.9 Å². The van der Waals surface area contributed by atoms with Crippen LogP contribution in [0.1, 0.15) is 63.6 Å². The van der Waals surface area contributed by atoms with Gasteiger partial charge in [-0.15, -0.1) is 0 Å². The van der Waals surface area contributed by atoms with Crippen molar-refractivity contribution in [3.05, 3.63) is 75.8 Å². The maximum Gasteiger partial charge on any atom is 0.0594 e. The predicted molar refractivity (Wildman–Crippen MR) is 125 cm³/mol. The zero-order chi connectivity index (χ0) is 20.8. The van der Waals surface area contributed by atoms with Crippen LogP contribution >= 0.6 is 23.2 Å². The fraction of sp³-hybridized carbons (Fsp3) is 0.417. The van der Waals surface area contributed by atoms with Gasteiger partial charge in [0.1, 0.15) is 0 Å². The molecule has 2 rings (SSSR count). The van der Waals surface area contributed by atoms with Crippen molar-refractivity contribution in [1.29, 1.82) is 0 Å². The first-order valence-corrected chi connectivity index (χ1v) is 10.6. The average molecular weight is 408 g/mol. The van der Waals surface area contributed by atoms with E-state index < -0.39 is 0 Å². The second kappa shape index (κ2) is 14.6. The molecule has 0 spiro atoms. The molecular formula is C24H35Cl2N. The number of halogens is 2. The zero-order valence-corrected chi connectivity index (χ0v) is 19.2. The molecule has 27 heavy (non-hydrogen) atoms. The second-order valence-electron chi connectivity index (χ2n) is 6.30. The van der Waals surface area contributed by atoms with Gasteiger partial charge in [0.25, 0.3) is 0 Å². The maximum atomic E-state index is 5.68. The van der Waals surface area contributed by atoms with Gasteiger partial charge in [-0.2, -0.15) is 0 Å². The summed E-state index contributed by atoms with van der Waals surface area (Å²) in [5, 5.41) is 4.74. The van der Waals surface area contributed by atoms with Crippen molar-refractivity contribution in [1.82, 2.24) is 5.32 Å². The molecule has 0 heterocycles. The van der Waals surface area contributed by atoms with Crippen LogP contribution in [-0.2, 0) is 0 Å². The van der Waals surface area contributed by atoms with Crippen molar-refractivity contribution in [2.75, 3.05) is 0 Å². The van der Waals surface area contributed by atoms with Gasteiger partial charge in [-0.25, -0.2) is 0 Å². The highest BCUT2D eigenvalue weighted by molar-refractivity contribution is 6.41. The Hall–Kier alpha value is -1.44. The van der Waals surface area contributed by atoms with E-state index >= 15 is 0 Å². The normalized spacial score (nSPS) is 10.7. The largest absolute Gasteiger partial charge is 0.382 e. The third kappa shape index (κ3) is 10.5. The Kier molecular flexibility index (Phi) is 13.8. The molecular weight excluding hydrogens is 373 g/mol. The van der Waals surface area contributed by atoms with Crippen LogP contribution in [0.2, 0.25) is 10.0 Å². The van der Waals surface area contributed by atoms with Crippen LogP contribution in [0.5, 0.6) is 0 Å². The van der Waals surface area contributed by atoms with E-state index in [0.29, 0.717) is 16.1 Å². The van der Waals surface area contributed by atoms with E-state index in [-0.39, 0.29) is 0 Å². The molecule has 1 N–H and O–H groups in total. The van der Waals surface area contributed by atoms with Gasteiger partial charge in [0.2, 0.25) is 0 Å². The highest BCUT2D eigenvalue weighted by Gasteiger charge is 2.06. The number of nitrogens with one attached hydrogen (secondary N) is 1. The van der Waals surface area contributed by atoms with E-state index in [2.05, 4.69) is 56.9 Å². The van der Waals surface area contributed by atoms with Crippen LogP contribution < -0.4 is 5.32 Å². The molecule has 2 aromatic carbocycles. The fourth-order valence-electron chi connectivity index (χ4n) is 2.41. The average Bonchev–Trinajstić information content (AvgIpc) is 2.67. The van der Waals surface area contributed by atoms with Gasteiger partial charge in [0, 0.05) is 11.7 Å². The molecule has 0 aromatic heterocycles. The first kappa shape index (κ1) is 25.6. The SMILES string of the molecule is C=C(NC(CC)CCC)c1ccc(C)cc1.CC.Cc1ccc(Cl)c(Cl)c1. The van der Waals surface area contributed by atoms with E-state index in [1.54, 1.807) is 6.07 Å². The van der Waals surface area contributed by atoms with Crippen molar-refractivity contribution in [3.8, 4) is 0 Å². The molecule has 0 saturated heterocycles. The molecule has 0 aliphatic heterocycles. The Morgan fingerprint density at radius 3 is 1.93 bits per heavy atom. The summed E-state index contributed by atoms with van der Waals surface area (Å²) in [6, 6.07) is 14.6. The molecule has 3 heteroatoms. The van der Waals surface area contributed by atoms with Gasteiger partial charge in [-0.1, -0.05) is 99.8 Å². The smallest absolute Gasteiger partial charge is 0.0594 e. The summed E-state index contributed by atoms with van der Waals surface area (Å²) >= 11 is 11.3. The molecule has 0 aliphatic carbocycles. The highest BCUT2D eigenvalue weighted by Crippen LogP contribution is 2.21. The summed E-state index contributed by atoms with van der Waals surface area (Å²) in [5.41, 5.74) is 4.65. The van der Waals surface area contributed by atoms with Gasteiger partial charge in [-0.3, -0.25) is 0 Å². The van der Waals surface area contributed by atoms with Gasteiger partial charge in [0.05, 0.1) is 10.0 Å². The number of hydrogen-bond donors (Lipinski definition) is 1. The summed E-state index contributed by atoms with van der Waals surface area (Å²) in [4.78, 5) is 0. The molecule has 2 aromatic rings. The van der Waals surface area contributed by atoms with Crippen LogP contribution in [-0.4, -0.2) is 6.04 Å². The minimum Gasteiger partial charge on any atom is -0.382 e. The van der Waals surface area contributed by atoms with Gasteiger partial charge < -0.3 is 5.32 Å². The van der Waals surface area contributed by atoms with Crippen LogP contribution in [0, 0.1) is 13.8 Å². The Labute approximate surface area is 176 Å². The molecule has 0 saturated carbocycles. The first-order valence-electron chi connectivity index (χ1n) is 9.81. The first-order chi connectivity index (χ1) is 12.9. The number of aryl methyl sites for hydroxylation is 2. The molecule has 0 aliphatic rings. The molecule has 1 nitrogen and oxygen atoms in total. The number of hydrogen-bond acceptors (Lipinski definition) is 1. The van der Waals surface area contributed by atoms with Crippen molar-refractivity contribution in [3.63, 3.8) is 0 Å². The Morgan fingerprint density at radius 2 is 1.48 bits per heavy atom. The zero-order valence-electron chi connectivity index (χ0n) is 17.7. The summed E-state index contributed by atoms with van der Waals surface area (Å²) in [5.74, 6) is 0. The van der Waals surface area contributed by atoms with Crippen LogP contribution in [0.15, 0.2) is 49.0 Å². The molecule has 0 bridgehead atoms. The number of benzene rings is 2. The summed E-state index contributed by atoms with van der Waals surface area (Å²) < 4.78 is 0. The third-order valence-electron chi connectivity index (χ3n) is 3.98. The summed E-state index contributed by atoms with van der Waals surface area (Å²) in [6.07, 6.45) is 3.58. The number of rotatable bonds is 6. The van der Waals surface area contributed by atoms with Crippen molar-refractivity contribution in [2.45, 2.75) is 66.8 Å². The topological polar surface area (TPSA) is 12.0 Å². The molecule has 150 valence electrons. The molecule has 0 fully saturated rings. The van der Waals surface area contributed by atoms with Crippen molar-refractivity contribution < 1.29 is 0 Å². The van der Waals surface area contributed by atoms with Gasteiger partial charge in [-0.05, 0) is 49.9 Å². The van der Waals surface area contributed by atoms with E-state index in [9.17, 15) is 0 Å². The lowest BCUT2D eigenvalue weighted by atomic mass is 10.1. The molecule has 0 radical (unpaired) electrons. The van der Waals surface area contributed by atoms with Crippen LogP contribution in [0.3, 0.4) is 0 Å². The van der Waals surface area contributed by atoms with Crippen LogP contribution in [0.4, 0.5) is 0 Å². The highest BCUT2D eigenvalue weighted by atomic mass is 35.5. The lowest BCUT2D eigenvalue weighted by molar-refractivity contribution is 0.529. The molecule has 0 amide bonds. The second-order valence-corrected chi connectivity index (χ2v) is 7.11. The quantitative estimate of drug-likeness (QED) is 0.505. The summed E-state index contributed by atoms with van der Waals surface area (Å²) in [6.45, 7) is 16.6. The molecule has 1 atom stereocenters. The van der Waals surface area contributed by atoms with Gasteiger partial charge in [0.15, 0.2) is 0 Å². The van der Waals surface area contributed by atoms with Gasteiger partial charge >= 0.3 is 0 Å². The minimum absolute atomic E-state index is 0.554. The Bertz CT molecular complexity index is 663. The maximum absolute atomic E-state index is 5.68. The lowest BCUT2D eigenvalue weighted by Crippen LogP contribution is -2.26. The van der Waals surface area contributed by atoms with Crippen molar-refractivity contribution in [2.24, 2.45) is 0 Å². The van der Waals surface area contributed by atoms with E-state index in [1.807, 2.05) is 32.9 Å². The van der Waals surface area contributed by atoms with E-state index in [4.69, 9.17) is 23.2 Å². The van der Waals surface area contributed by atoms with Crippen LogP contribution in [0.25, 0.3) is 5.70 Å². The standard InChI is InChI=1S/C15H23N.C7H6Cl2.C2H6/c1-5-7-15(6-2)16-13(4)14-10-8-12(3)9-11-14;1-5-2-3-6(8)7(9)4-5;1-2/h8-11,15-16H,4-7H2,1-3H3;2-4H,1H3;1-2H3. The Balaban J connectivity index is 0.000000519. The minimum atomic E-state index is 0.554. The molecule has 1 unspecified atom stereocenters. The Morgan fingerprint density at radius 1 is 0.926 bits per heavy atom.